The molecule has 1 heterocycles. The molecule has 0 amide bonds. The quantitative estimate of drug-likeness (QED) is 0.779. The lowest BCUT2D eigenvalue weighted by atomic mass is 10.1. The summed E-state index contributed by atoms with van der Waals surface area (Å²) in [7, 11) is 0. The van der Waals surface area contributed by atoms with Gasteiger partial charge in [-0.1, -0.05) is 11.8 Å². The van der Waals surface area contributed by atoms with Crippen molar-refractivity contribution >= 4 is 34.5 Å². The first-order chi connectivity index (χ1) is 7.56. The highest BCUT2D eigenvalue weighted by molar-refractivity contribution is 8.13. The van der Waals surface area contributed by atoms with Crippen LogP contribution >= 0.6 is 23.1 Å². The van der Waals surface area contributed by atoms with Crippen LogP contribution in [-0.2, 0) is 4.79 Å². The minimum absolute atomic E-state index is 0.116. The molecule has 1 aromatic heterocycles. The molecule has 0 spiro atoms. The number of aliphatic hydroxyl groups is 2. The molecule has 4 nitrogen and oxygen atoms in total. The molecule has 0 aliphatic rings. The van der Waals surface area contributed by atoms with Gasteiger partial charge in [0.1, 0.15) is 6.10 Å². The number of aliphatic hydroxyl groups excluding tert-OH is 2. The average Bonchev–Trinajstić information content (AvgIpc) is 2.72. The van der Waals surface area contributed by atoms with Crippen LogP contribution in [0.5, 0.6) is 0 Å². The van der Waals surface area contributed by atoms with Crippen molar-refractivity contribution in [3.05, 3.63) is 21.9 Å². The molecule has 1 rings (SSSR count). The SMILES string of the molecule is CC(=O)SCC(O)C(O)c1cscc1C=O. The van der Waals surface area contributed by atoms with Gasteiger partial charge in [0.05, 0.1) is 6.10 Å². The Labute approximate surface area is 101 Å². The molecule has 0 aliphatic heterocycles. The molecule has 0 saturated carbocycles. The second-order valence-corrected chi connectivity index (χ2v) is 5.16. The molecule has 0 bridgehead atoms. The molecular formula is C10H12O4S2. The van der Waals surface area contributed by atoms with Crippen LogP contribution in [0.25, 0.3) is 0 Å². The first-order valence-corrected chi connectivity index (χ1v) is 6.50. The molecule has 2 unspecified atom stereocenters. The molecule has 88 valence electrons. The van der Waals surface area contributed by atoms with Crippen LogP contribution in [-0.4, -0.2) is 33.5 Å². The standard InChI is InChI=1S/C10H12O4S2/c1-6(12)16-5-9(13)10(14)8-4-15-3-7(8)2-11/h2-4,9-10,13-14H,5H2,1H3. The predicted octanol–water partition coefficient (Wildman–Crippen LogP) is 1.23. The zero-order valence-electron chi connectivity index (χ0n) is 8.62. The van der Waals surface area contributed by atoms with Gasteiger partial charge in [-0.2, -0.15) is 11.3 Å². The van der Waals surface area contributed by atoms with Crippen LogP contribution < -0.4 is 0 Å². The third-order valence-electron chi connectivity index (χ3n) is 1.99. The summed E-state index contributed by atoms with van der Waals surface area (Å²) < 4.78 is 0. The summed E-state index contributed by atoms with van der Waals surface area (Å²) in [4.78, 5) is 21.3. The van der Waals surface area contributed by atoms with Gasteiger partial charge in [-0.15, -0.1) is 0 Å². The molecule has 0 aromatic carbocycles. The van der Waals surface area contributed by atoms with Crippen LogP contribution in [0, 0.1) is 0 Å². The number of thioether (sulfide) groups is 1. The molecule has 6 heteroatoms. The van der Waals surface area contributed by atoms with E-state index < -0.39 is 12.2 Å². The molecule has 0 radical (unpaired) electrons. The van der Waals surface area contributed by atoms with Crippen molar-refractivity contribution in [3.63, 3.8) is 0 Å². The van der Waals surface area contributed by atoms with E-state index in [0.29, 0.717) is 17.4 Å². The van der Waals surface area contributed by atoms with Crippen LogP contribution in [0.3, 0.4) is 0 Å². The fourth-order valence-electron chi connectivity index (χ4n) is 1.15. The monoisotopic (exact) mass is 260 g/mol. The van der Waals surface area contributed by atoms with E-state index in [9.17, 15) is 19.8 Å². The number of carbonyl (C=O) groups excluding carboxylic acids is 2. The first-order valence-electron chi connectivity index (χ1n) is 4.57. The molecule has 1 aromatic rings. The number of aldehydes is 1. The van der Waals surface area contributed by atoms with Crippen LogP contribution in [0.1, 0.15) is 28.9 Å². The van der Waals surface area contributed by atoms with E-state index in [1.165, 1.54) is 18.3 Å². The largest absolute Gasteiger partial charge is 0.389 e. The minimum Gasteiger partial charge on any atom is -0.389 e. The van der Waals surface area contributed by atoms with Gasteiger partial charge in [-0.25, -0.2) is 0 Å². The van der Waals surface area contributed by atoms with E-state index >= 15 is 0 Å². The van der Waals surface area contributed by atoms with Crippen molar-refractivity contribution in [2.75, 3.05) is 5.75 Å². The van der Waals surface area contributed by atoms with Crippen LogP contribution in [0.15, 0.2) is 10.8 Å². The summed E-state index contributed by atoms with van der Waals surface area (Å²) in [6.07, 6.45) is -1.54. The third-order valence-corrected chi connectivity index (χ3v) is 3.69. The van der Waals surface area contributed by atoms with E-state index in [1.807, 2.05) is 0 Å². The minimum atomic E-state index is -1.13. The highest BCUT2D eigenvalue weighted by Gasteiger charge is 2.22. The van der Waals surface area contributed by atoms with Gasteiger partial charge in [0.25, 0.3) is 0 Å². The fourth-order valence-corrected chi connectivity index (χ4v) is 2.57. The predicted molar refractivity (Wildman–Crippen MR) is 63.8 cm³/mol. The van der Waals surface area contributed by atoms with Crippen LogP contribution in [0.2, 0.25) is 0 Å². The molecule has 0 saturated heterocycles. The molecule has 2 N–H and O–H groups in total. The average molecular weight is 260 g/mol. The zero-order valence-corrected chi connectivity index (χ0v) is 10.3. The topological polar surface area (TPSA) is 74.6 Å². The summed E-state index contributed by atoms with van der Waals surface area (Å²) in [5.41, 5.74) is 0.793. The first kappa shape index (κ1) is 13.4. The van der Waals surface area contributed by atoms with Gasteiger partial charge in [0, 0.05) is 29.2 Å². The molecule has 0 aliphatic carbocycles. The molecule has 2 atom stereocenters. The van der Waals surface area contributed by atoms with Crippen molar-refractivity contribution in [1.82, 2.24) is 0 Å². The van der Waals surface area contributed by atoms with Crippen molar-refractivity contribution < 1.29 is 19.8 Å². The Balaban J connectivity index is 2.66. The van der Waals surface area contributed by atoms with Crippen molar-refractivity contribution in [2.24, 2.45) is 0 Å². The number of hydrogen-bond donors (Lipinski definition) is 2. The second-order valence-electron chi connectivity index (χ2n) is 3.22. The normalized spacial score (nSPS) is 14.4. The summed E-state index contributed by atoms with van der Waals surface area (Å²) in [6, 6.07) is 0. The summed E-state index contributed by atoms with van der Waals surface area (Å²) >= 11 is 2.23. The van der Waals surface area contributed by atoms with Crippen molar-refractivity contribution in [2.45, 2.75) is 19.1 Å². The maximum Gasteiger partial charge on any atom is 0.185 e. The Bertz CT molecular complexity index is 375. The maximum absolute atomic E-state index is 10.7. The molecule has 0 fully saturated rings. The summed E-state index contributed by atoms with van der Waals surface area (Å²) in [6.45, 7) is 1.39. The highest BCUT2D eigenvalue weighted by Crippen LogP contribution is 2.25. The lowest BCUT2D eigenvalue weighted by molar-refractivity contribution is -0.109. The molecular weight excluding hydrogens is 248 g/mol. The van der Waals surface area contributed by atoms with Gasteiger partial charge < -0.3 is 10.2 Å². The smallest absolute Gasteiger partial charge is 0.185 e. The van der Waals surface area contributed by atoms with Crippen LogP contribution in [0.4, 0.5) is 0 Å². The Morgan fingerprint density at radius 2 is 2.25 bits per heavy atom. The Morgan fingerprint density at radius 3 is 2.81 bits per heavy atom. The van der Waals surface area contributed by atoms with Gasteiger partial charge in [-0.3, -0.25) is 9.59 Å². The van der Waals surface area contributed by atoms with Gasteiger partial charge >= 0.3 is 0 Å². The lowest BCUT2D eigenvalue weighted by Gasteiger charge is -2.16. The number of rotatable bonds is 5. The van der Waals surface area contributed by atoms with E-state index in [1.54, 1.807) is 10.8 Å². The fraction of sp³-hybridized carbons (Fsp3) is 0.400. The maximum atomic E-state index is 10.7. The third kappa shape index (κ3) is 3.41. The summed E-state index contributed by atoms with van der Waals surface area (Å²) in [5.74, 6) is 0.116. The zero-order chi connectivity index (χ0) is 12.1. The Kier molecular flexibility index (Phi) is 5.14. The summed E-state index contributed by atoms with van der Waals surface area (Å²) in [5, 5.41) is 22.5. The number of hydrogen-bond acceptors (Lipinski definition) is 6. The Hall–Kier alpha value is -0.690. The van der Waals surface area contributed by atoms with Gasteiger partial charge in [0.15, 0.2) is 11.4 Å². The van der Waals surface area contributed by atoms with E-state index in [2.05, 4.69) is 0 Å². The van der Waals surface area contributed by atoms with E-state index in [4.69, 9.17) is 0 Å². The second kappa shape index (κ2) is 6.15. The van der Waals surface area contributed by atoms with E-state index in [0.717, 1.165) is 11.8 Å². The van der Waals surface area contributed by atoms with Gasteiger partial charge in [0.2, 0.25) is 0 Å². The van der Waals surface area contributed by atoms with Crippen molar-refractivity contribution in [3.8, 4) is 0 Å². The van der Waals surface area contributed by atoms with Gasteiger partial charge in [-0.05, 0) is 5.38 Å². The lowest BCUT2D eigenvalue weighted by Crippen LogP contribution is -2.21. The Morgan fingerprint density at radius 1 is 1.56 bits per heavy atom. The number of thiophene rings is 1. The van der Waals surface area contributed by atoms with Crippen molar-refractivity contribution in [1.29, 1.82) is 0 Å². The van der Waals surface area contributed by atoms with E-state index in [-0.39, 0.29) is 10.9 Å². The highest BCUT2D eigenvalue weighted by atomic mass is 32.2. The molecule has 16 heavy (non-hydrogen) atoms. The number of carbonyl (C=O) groups is 2.